The summed E-state index contributed by atoms with van der Waals surface area (Å²) in [5.74, 6) is 0.580. The standard InChI is InChI=1S/C13H18N2O/c14-10-7-12(9-3-1-4-9)15(13(16)8-10)11-5-2-6-11/h7-9,11H,1-6,14H2. The molecule has 2 aliphatic rings. The fraction of sp³-hybridized carbons (Fsp3) is 0.615. The molecule has 0 bridgehead atoms. The van der Waals surface area contributed by atoms with E-state index in [-0.39, 0.29) is 5.56 Å². The second-order valence-electron chi connectivity index (χ2n) is 5.13. The molecule has 16 heavy (non-hydrogen) atoms. The smallest absolute Gasteiger partial charge is 0.253 e. The molecule has 2 N–H and O–H groups in total. The maximum Gasteiger partial charge on any atom is 0.253 e. The Morgan fingerprint density at radius 1 is 1.12 bits per heavy atom. The van der Waals surface area contributed by atoms with Crippen LogP contribution in [0.15, 0.2) is 16.9 Å². The molecule has 0 saturated heterocycles. The van der Waals surface area contributed by atoms with Gasteiger partial charge >= 0.3 is 0 Å². The highest BCUT2D eigenvalue weighted by Gasteiger charge is 2.28. The lowest BCUT2D eigenvalue weighted by Gasteiger charge is -2.35. The van der Waals surface area contributed by atoms with Crippen LogP contribution in [0.4, 0.5) is 5.69 Å². The number of nitrogens with two attached hydrogens (primary N) is 1. The number of rotatable bonds is 2. The zero-order valence-electron chi connectivity index (χ0n) is 9.48. The number of aromatic nitrogens is 1. The third kappa shape index (κ3) is 1.46. The molecule has 3 heteroatoms. The van der Waals surface area contributed by atoms with Crippen LogP contribution in [0.2, 0.25) is 0 Å². The summed E-state index contributed by atoms with van der Waals surface area (Å²) in [6.45, 7) is 0. The van der Waals surface area contributed by atoms with Gasteiger partial charge in [-0.05, 0) is 44.1 Å². The molecule has 2 aliphatic carbocycles. The zero-order valence-corrected chi connectivity index (χ0v) is 9.48. The van der Waals surface area contributed by atoms with Gasteiger partial charge in [-0.2, -0.15) is 0 Å². The van der Waals surface area contributed by atoms with Crippen molar-refractivity contribution in [2.75, 3.05) is 5.73 Å². The molecule has 0 spiro atoms. The quantitative estimate of drug-likeness (QED) is 0.828. The minimum Gasteiger partial charge on any atom is -0.399 e. The third-order valence-corrected chi connectivity index (χ3v) is 4.08. The Hall–Kier alpha value is -1.25. The summed E-state index contributed by atoms with van der Waals surface area (Å²) < 4.78 is 2.02. The van der Waals surface area contributed by atoms with Crippen LogP contribution < -0.4 is 11.3 Å². The van der Waals surface area contributed by atoms with E-state index in [2.05, 4.69) is 0 Å². The van der Waals surface area contributed by atoms with E-state index in [9.17, 15) is 4.79 Å². The molecule has 2 fully saturated rings. The van der Waals surface area contributed by atoms with Gasteiger partial charge in [0.25, 0.3) is 5.56 Å². The number of hydrogen-bond donors (Lipinski definition) is 1. The first-order chi connectivity index (χ1) is 7.75. The molecule has 1 heterocycles. The minimum absolute atomic E-state index is 0.103. The second kappa shape index (κ2) is 3.65. The predicted octanol–water partition coefficient (Wildman–Crippen LogP) is 2.42. The van der Waals surface area contributed by atoms with Crippen molar-refractivity contribution in [1.82, 2.24) is 4.57 Å². The number of hydrogen-bond acceptors (Lipinski definition) is 2. The Bertz CT molecular complexity index is 455. The van der Waals surface area contributed by atoms with Crippen LogP contribution in [0.5, 0.6) is 0 Å². The fourth-order valence-corrected chi connectivity index (χ4v) is 2.68. The highest BCUT2D eigenvalue weighted by Crippen LogP contribution is 2.40. The van der Waals surface area contributed by atoms with Crippen molar-refractivity contribution in [3.63, 3.8) is 0 Å². The third-order valence-electron chi connectivity index (χ3n) is 4.08. The molecular weight excluding hydrogens is 200 g/mol. The molecule has 1 aromatic rings. The predicted molar refractivity (Wildman–Crippen MR) is 64.6 cm³/mol. The van der Waals surface area contributed by atoms with Crippen molar-refractivity contribution in [3.8, 4) is 0 Å². The van der Waals surface area contributed by atoms with Crippen LogP contribution in [0.25, 0.3) is 0 Å². The summed E-state index contributed by atoms with van der Waals surface area (Å²) in [5, 5.41) is 0. The van der Waals surface area contributed by atoms with Crippen molar-refractivity contribution in [3.05, 3.63) is 28.2 Å². The van der Waals surface area contributed by atoms with E-state index in [0.717, 1.165) is 12.8 Å². The van der Waals surface area contributed by atoms with E-state index in [4.69, 9.17) is 5.73 Å². The maximum absolute atomic E-state index is 12.0. The number of nitrogen functional groups attached to an aromatic ring is 1. The van der Waals surface area contributed by atoms with Crippen molar-refractivity contribution < 1.29 is 0 Å². The summed E-state index contributed by atoms with van der Waals surface area (Å²) in [6, 6.07) is 4.04. The largest absolute Gasteiger partial charge is 0.399 e. The van der Waals surface area contributed by atoms with E-state index in [1.54, 1.807) is 6.07 Å². The topological polar surface area (TPSA) is 48.0 Å². The monoisotopic (exact) mass is 218 g/mol. The van der Waals surface area contributed by atoms with Crippen molar-refractivity contribution in [2.24, 2.45) is 0 Å². The molecular formula is C13H18N2O. The van der Waals surface area contributed by atoms with Crippen LogP contribution in [-0.4, -0.2) is 4.57 Å². The first-order valence-electron chi connectivity index (χ1n) is 6.27. The van der Waals surface area contributed by atoms with Gasteiger partial charge in [0, 0.05) is 23.5 Å². The van der Waals surface area contributed by atoms with E-state index in [1.165, 1.54) is 31.4 Å². The summed E-state index contributed by atoms with van der Waals surface area (Å²) in [4.78, 5) is 12.0. The van der Waals surface area contributed by atoms with Crippen LogP contribution in [0, 0.1) is 0 Å². The van der Waals surface area contributed by atoms with E-state index >= 15 is 0 Å². The molecule has 1 aromatic heterocycles. The highest BCUT2D eigenvalue weighted by atomic mass is 16.1. The number of anilines is 1. The first-order valence-corrected chi connectivity index (χ1v) is 6.27. The lowest BCUT2D eigenvalue weighted by Crippen LogP contribution is -2.33. The van der Waals surface area contributed by atoms with Gasteiger partial charge < -0.3 is 10.3 Å². The Morgan fingerprint density at radius 2 is 1.81 bits per heavy atom. The van der Waals surface area contributed by atoms with E-state index in [0.29, 0.717) is 17.6 Å². The van der Waals surface area contributed by atoms with Crippen LogP contribution >= 0.6 is 0 Å². The summed E-state index contributed by atoms with van der Waals surface area (Å²) in [5.41, 5.74) is 7.72. The van der Waals surface area contributed by atoms with Crippen molar-refractivity contribution >= 4 is 5.69 Å². The van der Waals surface area contributed by atoms with Gasteiger partial charge in [0.1, 0.15) is 0 Å². The van der Waals surface area contributed by atoms with Crippen molar-refractivity contribution in [1.29, 1.82) is 0 Å². The molecule has 0 atom stereocenters. The molecule has 0 aromatic carbocycles. The van der Waals surface area contributed by atoms with Gasteiger partial charge in [-0.25, -0.2) is 0 Å². The first kappa shape index (κ1) is 9.94. The van der Waals surface area contributed by atoms with Gasteiger partial charge in [0.05, 0.1) is 0 Å². The number of nitrogens with zero attached hydrogens (tertiary/aromatic N) is 1. The normalized spacial score (nSPS) is 21.5. The average molecular weight is 218 g/mol. The Kier molecular flexibility index (Phi) is 2.27. The van der Waals surface area contributed by atoms with E-state index < -0.39 is 0 Å². The summed E-state index contributed by atoms with van der Waals surface area (Å²) in [6.07, 6.45) is 7.29. The lowest BCUT2D eigenvalue weighted by atomic mass is 9.81. The van der Waals surface area contributed by atoms with Gasteiger partial charge in [0.15, 0.2) is 0 Å². The summed E-state index contributed by atoms with van der Waals surface area (Å²) in [7, 11) is 0. The van der Waals surface area contributed by atoms with Gasteiger partial charge in [-0.3, -0.25) is 4.79 Å². The highest BCUT2D eigenvalue weighted by molar-refractivity contribution is 5.39. The SMILES string of the molecule is Nc1cc(C2CCC2)n(C2CCC2)c(=O)c1. The van der Waals surface area contributed by atoms with Gasteiger partial charge in [-0.15, -0.1) is 0 Å². The van der Waals surface area contributed by atoms with Crippen molar-refractivity contribution in [2.45, 2.75) is 50.5 Å². The summed E-state index contributed by atoms with van der Waals surface area (Å²) >= 11 is 0. The van der Waals surface area contributed by atoms with E-state index in [1.807, 2.05) is 10.6 Å². The molecule has 3 rings (SSSR count). The van der Waals surface area contributed by atoms with Gasteiger partial charge in [0.2, 0.25) is 0 Å². The number of pyridine rings is 1. The molecule has 3 nitrogen and oxygen atoms in total. The molecule has 86 valence electrons. The maximum atomic E-state index is 12.0. The molecule has 0 aliphatic heterocycles. The van der Waals surface area contributed by atoms with Crippen LogP contribution in [-0.2, 0) is 0 Å². The Morgan fingerprint density at radius 3 is 2.31 bits per heavy atom. The zero-order chi connectivity index (χ0) is 11.1. The van der Waals surface area contributed by atoms with Gasteiger partial charge in [-0.1, -0.05) is 6.42 Å². The Balaban J connectivity index is 2.07. The second-order valence-corrected chi connectivity index (χ2v) is 5.13. The fourth-order valence-electron chi connectivity index (χ4n) is 2.68. The van der Waals surface area contributed by atoms with Crippen LogP contribution in [0.1, 0.15) is 56.2 Å². The van der Waals surface area contributed by atoms with Crippen LogP contribution in [0.3, 0.4) is 0 Å². The Labute approximate surface area is 95.3 Å². The molecule has 0 unspecified atom stereocenters. The average Bonchev–Trinajstić information content (AvgIpc) is 2.04. The molecule has 0 radical (unpaired) electrons. The molecule has 2 saturated carbocycles. The lowest BCUT2D eigenvalue weighted by molar-refractivity contribution is 0.280. The molecule has 0 amide bonds. The minimum atomic E-state index is 0.103.